The lowest BCUT2D eigenvalue weighted by Gasteiger charge is -2.33. The van der Waals surface area contributed by atoms with E-state index in [0.29, 0.717) is 34.5 Å². The highest BCUT2D eigenvalue weighted by molar-refractivity contribution is 9.10. The smallest absolute Gasteiger partial charge is 0.204 e. The van der Waals surface area contributed by atoms with Crippen molar-refractivity contribution in [2.75, 3.05) is 28.4 Å². The van der Waals surface area contributed by atoms with Gasteiger partial charge in [0.1, 0.15) is 6.10 Å². The fourth-order valence-electron chi connectivity index (χ4n) is 2.98. The van der Waals surface area contributed by atoms with Crippen LogP contribution in [-0.4, -0.2) is 34.5 Å². The maximum Gasteiger partial charge on any atom is 0.204 e. The van der Waals surface area contributed by atoms with Crippen molar-refractivity contribution in [2.45, 2.75) is 19.1 Å². The standard InChI is InChI=1S/C19H21BrO6/c1-10-17(11-6-13(21-2)18(24-5)14(7-11)22-3)26-16-9-12(20)8-15(23-4)19(16)25-10/h6-10,17H,1-5H3/t10-,17-/m1/s1. The lowest BCUT2D eigenvalue weighted by molar-refractivity contribution is 0.0278. The molecule has 2 atom stereocenters. The molecule has 140 valence electrons. The lowest BCUT2D eigenvalue weighted by Crippen LogP contribution is -2.31. The summed E-state index contributed by atoms with van der Waals surface area (Å²) < 4.78 is 34.8. The van der Waals surface area contributed by atoms with Crippen LogP contribution in [0.4, 0.5) is 0 Å². The van der Waals surface area contributed by atoms with Crippen LogP contribution in [0.1, 0.15) is 18.6 Å². The van der Waals surface area contributed by atoms with Crippen molar-refractivity contribution >= 4 is 15.9 Å². The molecule has 0 radical (unpaired) electrons. The van der Waals surface area contributed by atoms with Crippen molar-refractivity contribution in [1.29, 1.82) is 0 Å². The Kier molecular flexibility index (Phi) is 5.36. The van der Waals surface area contributed by atoms with Crippen LogP contribution in [0.3, 0.4) is 0 Å². The fourth-order valence-corrected chi connectivity index (χ4v) is 3.40. The van der Waals surface area contributed by atoms with E-state index in [2.05, 4.69) is 15.9 Å². The zero-order valence-corrected chi connectivity index (χ0v) is 16.9. The maximum atomic E-state index is 6.24. The van der Waals surface area contributed by atoms with Crippen LogP contribution in [0, 0.1) is 0 Å². The number of halogens is 1. The van der Waals surface area contributed by atoms with Gasteiger partial charge in [-0.25, -0.2) is 0 Å². The molecule has 3 rings (SSSR count). The largest absolute Gasteiger partial charge is 0.493 e. The molecule has 0 spiro atoms. The molecule has 26 heavy (non-hydrogen) atoms. The second kappa shape index (κ2) is 7.53. The normalized spacial score (nSPS) is 18.2. The van der Waals surface area contributed by atoms with Crippen LogP contribution in [0.2, 0.25) is 0 Å². The van der Waals surface area contributed by atoms with E-state index < -0.39 is 0 Å². The minimum absolute atomic E-state index is 0.250. The van der Waals surface area contributed by atoms with E-state index >= 15 is 0 Å². The monoisotopic (exact) mass is 424 g/mol. The Morgan fingerprint density at radius 3 is 1.96 bits per heavy atom. The van der Waals surface area contributed by atoms with Crippen molar-refractivity contribution in [3.8, 4) is 34.5 Å². The van der Waals surface area contributed by atoms with E-state index in [1.807, 2.05) is 31.2 Å². The molecule has 0 bridgehead atoms. The van der Waals surface area contributed by atoms with Crippen LogP contribution in [0.5, 0.6) is 34.5 Å². The van der Waals surface area contributed by atoms with Gasteiger partial charge in [-0.15, -0.1) is 0 Å². The van der Waals surface area contributed by atoms with Gasteiger partial charge in [0, 0.05) is 10.0 Å². The van der Waals surface area contributed by atoms with Gasteiger partial charge in [-0.2, -0.15) is 0 Å². The first kappa shape index (κ1) is 18.5. The Balaban J connectivity index is 2.04. The summed E-state index contributed by atoms with van der Waals surface area (Å²) in [7, 11) is 6.34. The van der Waals surface area contributed by atoms with Gasteiger partial charge in [0.15, 0.2) is 29.1 Å². The quantitative estimate of drug-likeness (QED) is 0.709. The number of benzene rings is 2. The lowest BCUT2D eigenvalue weighted by atomic mass is 10.0. The number of methoxy groups -OCH3 is 4. The molecule has 1 aliphatic rings. The summed E-state index contributed by atoms with van der Waals surface area (Å²) in [6, 6.07) is 7.43. The average Bonchev–Trinajstić information content (AvgIpc) is 2.65. The highest BCUT2D eigenvalue weighted by atomic mass is 79.9. The summed E-state index contributed by atoms with van der Waals surface area (Å²) in [6.07, 6.45) is -0.601. The van der Waals surface area contributed by atoms with Gasteiger partial charge in [-0.05, 0) is 31.2 Å². The Bertz CT molecular complexity index is 782. The molecule has 0 N–H and O–H groups in total. The molecule has 7 heteroatoms. The fraction of sp³-hybridized carbons (Fsp3) is 0.368. The zero-order valence-electron chi connectivity index (χ0n) is 15.3. The molecule has 6 nitrogen and oxygen atoms in total. The molecule has 0 saturated heterocycles. The summed E-state index contributed by atoms with van der Waals surface area (Å²) in [4.78, 5) is 0. The summed E-state index contributed by atoms with van der Waals surface area (Å²) in [5.41, 5.74) is 0.858. The van der Waals surface area contributed by atoms with Gasteiger partial charge in [-0.3, -0.25) is 0 Å². The molecule has 0 unspecified atom stereocenters. The molecule has 2 aromatic rings. The number of hydrogen-bond donors (Lipinski definition) is 0. The Labute approximate surface area is 161 Å². The van der Waals surface area contributed by atoms with Gasteiger partial charge < -0.3 is 28.4 Å². The Morgan fingerprint density at radius 2 is 1.42 bits per heavy atom. The van der Waals surface area contributed by atoms with E-state index in [9.17, 15) is 0 Å². The van der Waals surface area contributed by atoms with Crippen molar-refractivity contribution < 1.29 is 28.4 Å². The molecule has 0 amide bonds. The summed E-state index contributed by atoms with van der Waals surface area (Å²) >= 11 is 3.47. The second-order valence-electron chi connectivity index (χ2n) is 5.76. The molecule has 2 aromatic carbocycles. The molecule has 0 saturated carbocycles. The molecule has 0 fully saturated rings. The third-order valence-electron chi connectivity index (χ3n) is 4.21. The average molecular weight is 425 g/mol. The Hall–Kier alpha value is -2.28. The summed E-state index contributed by atoms with van der Waals surface area (Å²) in [5.74, 6) is 3.48. The number of rotatable bonds is 5. The van der Waals surface area contributed by atoms with Gasteiger partial charge in [0.25, 0.3) is 0 Å². The third-order valence-corrected chi connectivity index (χ3v) is 4.66. The highest BCUT2D eigenvalue weighted by Gasteiger charge is 2.33. The number of fused-ring (bicyclic) bond motifs is 1. The SMILES string of the molecule is COc1cc([C@@H]2Oc3cc(Br)cc(OC)c3O[C@@H]2C)cc(OC)c1OC. The van der Waals surface area contributed by atoms with Crippen LogP contribution >= 0.6 is 15.9 Å². The third kappa shape index (κ3) is 3.23. The molecule has 1 aliphatic heterocycles. The number of hydrogen-bond acceptors (Lipinski definition) is 6. The predicted molar refractivity (Wildman–Crippen MR) is 100 cm³/mol. The topological polar surface area (TPSA) is 55.4 Å². The van der Waals surface area contributed by atoms with E-state index in [1.54, 1.807) is 28.4 Å². The first-order valence-corrected chi connectivity index (χ1v) is 8.82. The first-order valence-electron chi connectivity index (χ1n) is 8.03. The molecular formula is C19H21BrO6. The van der Waals surface area contributed by atoms with Crippen LogP contribution in [0.25, 0.3) is 0 Å². The zero-order chi connectivity index (χ0) is 18.8. The minimum atomic E-state index is -0.352. The number of ether oxygens (including phenoxy) is 6. The van der Waals surface area contributed by atoms with Crippen molar-refractivity contribution in [2.24, 2.45) is 0 Å². The highest BCUT2D eigenvalue weighted by Crippen LogP contribution is 2.48. The van der Waals surface area contributed by atoms with Gasteiger partial charge in [-0.1, -0.05) is 15.9 Å². The predicted octanol–water partition coefficient (Wildman–Crippen LogP) is 4.38. The van der Waals surface area contributed by atoms with Crippen LogP contribution < -0.4 is 28.4 Å². The van der Waals surface area contributed by atoms with Gasteiger partial charge in [0.2, 0.25) is 11.5 Å². The second-order valence-corrected chi connectivity index (χ2v) is 6.67. The first-order chi connectivity index (χ1) is 12.5. The molecule has 0 aromatic heterocycles. The summed E-state index contributed by atoms with van der Waals surface area (Å²) in [6.45, 7) is 1.94. The van der Waals surface area contributed by atoms with Crippen molar-refractivity contribution in [3.63, 3.8) is 0 Å². The molecule has 0 aliphatic carbocycles. The van der Waals surface area contributed by atoms with E-state index in [-0.39, 0.29) is 12.2 Å². The van der Waals surface area contributed by atoms with Gasteiger partial charge >= 0.3 is 0 Å². The summed E-state index contributed by atoms with van der Waals surface area (Å²) in [5, 5.41) is 0. The minimum Gasteiger partial charge on any atom is -0.493 e. The van der Waals surface area contributed by atoms with Gasteiger partial charge in [0.05, 0.1) is 28.4 Å². The van der Waals surface area contributed by atoms with Crippen molar-refractivity contribution in [3.05, 3.63) is 34.3 Å². The maximum absolute atomic E-state index is 6.24. The van der Waals surface area contributed by atoms with E-state index in [1.165, 1.54) is 0 Å². The molecule has 1 heterocycles. The van der Waals surface area contributed by atoms with Crippen LogP contribution in [-0.2, 0) is 0 Å². The molecular weight excluding hydrogens is 404 g/mol. The van der Waals surface area contributed by atoms with Crippen molar-refractivity contribution in [1.82, 2.24) is 0 Å². The Morgan fingerprint density at radius 1 is 0.808 bits per heavy atom. The van der Waals surface area contributed by atoms with E-state index in [4.69, 9.17) is 28.4 Å². The van der Waals surface area contributed by atoms with Crippen LogP contribution in [0.15, 0.2) is 28.7 Å². The van der Waals surface area contributed by atoms with E-state index in [0.717, 1.165) is 10.0 Å².